The Bertz CT molecular complexity index is 754. The van der Waals surface area contributed by atoms with Gasteiger partial charge in [0.2, 0.25) is 0 Å². The Kier molecular flexibility index (Phi) is 13.1. The third kappa shape index (κ3) is 7.55. The molecular formula is C17H14K2N2O7. The first-order chi connectivity index (χ1) is 12.3. The van der Waals surface area contributed by atoms with Gasteiger partial charge >= 0.3 is 109 Å². The molecule has 1 aromatic carbocycles. The zero-order valence-electron chi connectivity index (χ0n) is 15.5. The van der Waals surface area contributed by atoms with E-state index < -0.39 is 55.7 Å². The monoisotopic (exact) mass is 436 g/mol. The first kappa shape index (κ1) is 27.8. The number of rotatable bonds is 7. The normalized spacial score (nSPS) is 13.6. The first-order valence-electron chi connectivity index (χ1n) is 7.65. The van der Waals surface area contributed by atoms with Crippen molar-refractivity contribution in [1.82, 2.24) is 9.80 Å². The van der Waals surface area contributed by atoms with E-state index in [1.807, 2.05) is 0 Å². The van der Waals surface area contributed by atoms with Crippen LogP contribution < -0.4 is 113 Å². The van der Waals surface area contributed by atoms with Gasteiger partial charge in [-0.15, -0.1) is 0 Å². The van der Waals surface area contributed by atoms with Gasteiger partial charge in [-0.05, 0) is 11.6 Å². The van der Waals surface area contributed by atoms with E-state index in [0.717, 1.165) is 0 Å². The fourth-order valence-electron chi connectivity index (χ4n) is 2.34. The third-order valence-corrected chi connectivity index (χ3v) is 3.60. The van der Waals surface area contributed by atoms with Crippen LogP contribution in [-0.4, -0.2) is 52.7 Å². The minimum atomic E-state index is -1.47. The number of nitrogens with zero attached hydrogens (tertiary/aromatic N) is 2. The van der Waals surface area contributed by atoms with Crippen LogP contribution in [0.4, 0.5) is 4.79 Å². The average molecular weight is 437 g/mol. The van der Waals surface area contributed by atoms with Gasteiger partial charge in [0, 0.05) is 37.9 Å². The summed E-state index contributed by atoms with van der Waals surface area (Å²) in [6, 6.07) is 7.26. The van der Waals surface area contributed by atoms with E-state index in [1.54, 1.807) is 30.3 Å². The quantitative estimate of drug-likeness (QED) is 0.235. The second-order valence-corrected chi connectivity index (χ2v) is 5.41. The van der Waals surface area contributed by atoms with Crippen LogP contribution in [-0.2, 0) is 19.2 Å². The van der Waals surface area contributed by atoms with Gasteiger partial charge in [-0.3, -0.25) is 19.4 Å². The molecule has 2 rings (SSSR count). The number of urea groups is 1. The third-order valence-electron chi connectivity index (χ3n) is 3.60. The fourth-order valence-corrected chi connectivity index (χ4v) is 2.34. The van der Waals surface area contributed by atoms with Crippen molar-refractivity contribution in [3.05, 3.63) is 41.5 Å². The Morgan fingerprint density at radius 1 is 0.821 bits per heavy atom. The van der Waals surface area contributed by atoms with Crippen molar-refractivity contribution in [3.63, 3.8) is 0 Å². The molecule has 0 N–H and O–H groups in total. The number of aliphatic carboxylic acids is 2. The van der Waals surface area contributed by atoms with E-state index in [0.29, 0.717) is 15.4 Å². The summed E-state index contributed by atoms with van der Waals surface area (Å²) in [7, 11) is 0. The number of hydrogen-bond donors (Lipinski definition) is 0. The van der Waals surface area contributed by atoms with Gasteiger partial charge in [-0.2, -0.15) is 0 Å². The zero-order valence-corrected chi connectivity index (χ0v) is 21.8. The number of imide groups is 2. The molecule has 0 atom stereocenters. The van der Waals surface area contributed by atoms with Crippen molar-refractivity contribution < 1.29 is 137 Å². The SMILES string of the molecule is O=C([O-])CCN1C(=O)C(=Cc2ccccc2)C(=O)N(CCC(=O)[O-])C1=O.[K+].[K+]. The van der Waals surface area contributed by atoms with Gasteiger partial charge in [0.1, 0.15) is 5.57 Å². The Hall–Kier alpha value is -0.217. The molecule has 0 bridgehead atoms. The number of amides is 4. The Labute approximate surface area is 246 Å². The van der Waals surface area contributed by atoms with Crippen LogP contribution in [0.5, 0.6) is 0 Å². The van der Waals surface area contributed by atoms with E-state index in [1.165, 1.54) is 6.08 Å². The van der Waals surface area contributed by atoms with Crippen LogP contribution >= 0.6 is 0 Å². The standard InChI is InChI=1S/C17H16N2O7.2K/c20-13(21)6-8-18-15(24)12(10-11-4-2-1-3-5-11)16(25)19(17(18)26)9-7-14(22)23;;/h1-5,10H,6-9H2,(H,20,21)(H,22,23);;/q;2*+1/p-2. The minimum absolute atomic E-state index is 0. The maximum atomic E-state index is 12.5. The summed E-state index contributed by atoms with van der Waals surface area (Å²) in [6.07, 6.45) is 0.0341. The van der Waals surface area contributed by atoms with Crippen LogP contribution in [0.15, 0.2) is 35.9 Å². The molecule has 11 heteroatoms. The van der Waals surface area contributed by atoms with Gasteiger partial charge < -0.3 is 19.8 Å². The van der Waals surface area contributed by atoms with Crippen molar-refractivity contribution in [2.75, 3.05) is 13.1 Å². The smallest absolute Gasteiger partial charge is 0.550 e. The van der Waals surface area contributed by atoms with E-state index in [4.69, 9.17) is 0 Å². The predicted octanol–water partition coefficient (Wildman–Crippen LogP) is -7.85. The Morgan fingerprint density at radius 2 is 1.25 bits per heavy atom. The topological polar surface area (TPSA) is 138 Å². The summed E-state index contributed by atoms with van der Waals surface area (Å²) >= 11 is 0. The number of carbonyl (C=O) groups is 5. The summed E-state index contributed by atoms with van der Waals surface area (Å²) in [6.45, 7) is -0.998. The van der Waals surface area contributed by atoms with Gasteiger partial charge in [0.05, 0.1) is 0 Å². The fraction of sp³-hybridized carbons (Fsp3) is 0.235. The van der Waals surface area contributed by atoms with Crippen LogP contribution in [0.1, 0.15) is 18.4 Å². The number of benzene rings is 1. The van der Waals surface area contributed by atoms with Crippen LogP contribution in [0.2, 0.25) is 0 Å². The Morgan fingerprint density at radius 3 is 1.64 bits per heavy atom. The van der Waals surface area contributed by atoms with E-state index in [9.17, 15) is 34.2 Å². The molecular weight excluding hydrogens is 422 g/mol. The minimum Gasteiger partial charge on any atom is -0.550 e. The van der Waals surface area contributed by atoms with Crippen molar-refractivity contribution >= 4 is 35.9 Å². The maximum Gasteiger partial charge on any atom is 1.00 e. The number of carboxylic acids is 2. The number of carbonyl (C=O) groups excluding carboxylic acids is 5. The van der Waals surface area contributed by atoms with E-state index in [2.05, 4.69) is 0 Å². The predicted molar refractivity (Wildman–Crippen MR) is 82.5 cm³/mol. The average Bonchev–Trinajstić information content (AvgIpc) is 2.59. The molecule has 136 valence electrons. The number of barbiturate groups is 1. The summed E-state index contributed by atoms with van der Waals surface area (Å²) in [5, 5.41) is 21.3. The van der Waals surface area contributed by atoms with Gasteiger partial charge in [-0.1, -0.05) is 30.3 Å². The van der Waals surface area contributed by atoms with Crippen LogP contribution in [0.3, 0.4) is 0 Å². The molecule has 1 heterocycles. The summed E-state index contributed by atoms with van der Waals surface area (Å²) < 4.78 is 0. The molecule has 1 saturated heterocycles. The van der Waals surface area contributed by atoms with E-state index >= 15 is 0 Å². The van der Waals surface area contributed by atoms with Gasteiger partial charge in [0.15, 0.2) is 0 Å². The Balaban J connectivity index is 0.00000364. The molecule has 1 fully saturated rings. The molecule has 4 amide bonds. The zero-order chi connectivity index (χ0) is 19.3. The molecule has 1 aromatic rings. The second kappa shape index (κ2) is 13.2. The molecule has 0 unspecified atom stereocenters. The first-order valence-corrected chi connectivity index (χ1v) is 7.65. The van der Waals surface area contributed by atoms with Crippen molar-refractivity contribution in [1.29, 1.82) is 0 Å². The largest absolute Gasteiger partial charge is 1.00 e. The summed E-state index contributed by atoms with van der Waals surface area (Å²) in [5.74, 6) is -4.85. The van der Waals surface area contributed by atoms with E-state index in [-0.39, 0.29) is 108 Å². The molecule has 0 radical (unpaired) electrons. The molecule has 1 aliphatic rings. The summed E-state index contributed by atoms with van der Waals surface area (Å²) in [4.78, 5) is 59.8. The van der Waals surface area contributed by atoms with Crippen molar-refractivity contribution in [2.45, 2.75) is 12.8 Å². The summed E-state index contributed by atoms with van der Waals surface area (Å²) in [5.41, 5.74) is 0.144. The number of hydrogen-bond acceptors (Lipinski definition) is 7. The number of carboxylic acid groups (broad SMARTS) is 2. The maximum absolute atomic E-state index is 12.5. The van der Waals surface area contributed by atoms with Gasteiger partial charge in [-0.25, -0.2) is 4.79 Å². The molecule has 9 nitrogen and oxygen atoms in total. The second-order valence-electron chi connectivity index (χ2n) is 5.41. The van der Waals surface area contributed by atoms with Crippen LogP contribution in [0.25, 0.3) is 6.08 Å². The molecule has 1 aliphatic heterocycles. The molecule has 28 heavy (non-hydrogen) atoms. The molecule has 0 saturated carbocycles. The van der Waals surface area contributed by atoms with Crippen molar-refractivity contribution in [2.24, 2.45) is 0 Å². The molecule has 0 aliphatic carbocycles. The van der Waals surface area contributed by atoms with Crippen LogP contribution in [0, 0.1) is 0 Å². The van der Waals surface area contributed by atoms with Crippen molar-refractivity contribution in [3.8, 4) is 0 Å². The molecule has 0 spiro atoms. The van der Waals surface area contributed by atoms with Gasteiger partial charge in [0.25, 0.3) is 11.8 Å². The molecule has 0 aromatic heterocycles.